The summed E-state index contributed by atoms with van der Waals surface area (Å²) in [4.78, 5) is 41.3. The van der Waals surface area contributed by atoms with E-state index in [1.807, 2.05) is 13.8 Å². The molecule has 7 atom stereocenters. The van der Waals surface area contributed by atoms with Crippen molar-refractivity contribution in [3.8, 4) is 0 Å². The number of aliphatic hydroxyl groups is 1. The summed E-state index contributed by atoms with van der Waals surface area (Å²) in [5.74, 6) is -1.94. The number of carbonyl (C=O) groups excluding carboxylic acids is 3. The molecule has 0 aromatic rings. The molecular formula is C22H37N3O5. The van der Waals surface area contributed by atoms with E-state index in [0.29, 0.717) is 19.4 Å². The molecule has 3 aliphatic heterocycles. The largest absolute Gasteiger partial charge is 0.394 e. The van der Waals surface area contributed by atoms with Gasteiger partial charge in [0.1, 0.15) is 11.6 Å². The monoisotopic (exact) mass is 423 g/mol. The van der Waals surface area contributed by atoms with Gasteiger partial charge in [-0.3, -0.25) is 14.4 Å². The molecule has 2 bridgehead atoms. The van der Waals surface area contributed by atoms with E-state index in [9.17, 15) is 19.5 Å². The van der Waals surface area contributed by atoms with Gasteiger partial charge in [0.2, 0.25) is 17.7 Å². The zero-order chi connectivity index (χ0) is 22.1. The predicted octanol–water partition coefficient (Wildman–Crippen LogP) is 0.820. The van der Waals surface area contributed by atoms with Gasteiger partial charge >= 0.3 is 0 Å². The van der Waals surface area contributed by atoms with Gasteiger partial charge in [0.05, 0.1) is 30.6 Å². The van der Waals surface area contributed by atoms with Crippen molar-refractivity contribution in [3.63, 3.8) is 0 Å². The lowest BCUT2D eigenvalue weighted by molar-refractivity contribution is -0.147. The number of likely N-dealkylation sites (tertiary alicyclic amines) is 1. The first-order valence-electron chi connectivity index (χ1n) is 11.5. The molecular weight excluding hydrogens is 386 g/mol. The molecule has 3 N–H and O–H groups in total. The summed E-state index contributed by atoms with van der Waals surface area (Å²) in [6, 6.07) is -1.30. The molecule has 1 spiro atoms. The molecule has 0 saturated carbocycles. The topological polar surface area (TPSA) is 108 Å². The summed E-state index contributed by atoms with van der Waals surface area (Å²) in [5.41, 5.74) is -0.991. The first kappa shape index (κ1) is 23.0. The molecule has 3 rings (SSSR count). The van der Waals surface area contributed by atoms with Crippen LogP contribution in [0.5, 0.6) is 0 Å². The smallest absolute Gasteiger partial charge is 0.245 e. The highest BCUT2D eigenvalue weighted by molar-refractivity contribution is 5.99. The quantitative estimate of drug-likeness (QED) is 0.451. The standard InChI is InChI=1S/C22H37N3O5/c1-5-7-8-11-24-20(28)18-22-10-9-15(30-22)16(19(27)23-4)17(22)21(29)25(18)14(12-26)13(3)6-2/h13-18,26H,5-12H2,1-4H3,(H,23,27)(H,24,28)/t13-,14-,15+,16-,17-,18?,22?/m0/s1. The van der Waals surface area contributed by atoms with Crippen molar-refractivity contribution in [2.45, 2.75) is 83.1 Å². The van der Waals surface area contributed by atoms with E-state index in [4.69, 9.17) is 4.74 Å². The number of nitrogens with one attached hydrogen (secondary N) is 2. The fourth-order valence-corrected chi connectivity index (χ4v) is 5.71. The van der Waals surface area contributed by atoms with Crippen LogP contribution in [-0.4, -0.2) is 71.7 Å². The van der Waals surface area contributed by atoms with Gasteiger partial charge in [-0.15, -0.1) is 0 Å². The van der Waals surface area contributed by atoms with Crippen LogP contribution in [0.1, 0.15) is 59.3 Å². The first-order valence-corrected chi connectivity index (χ1v) is 11.5. The number of hydrogen-bond acceptors (Lipinski definition) is 5. The van der Waals surface area contributed by atoms with Crippen LogP contribution < -0.4 is 10.6 Å². The second-order valence-electron chi connectivity index (χ2n) is 9.05. The summed E-state index contributed by atoms with van der Waals surface area (Å²) < 4.78 is 6.32. The number of amides is 3. The zero-order valence-electron chi connectivity index (χ0n) is 18.6. The Morgan fingerprint density at radius 1 is 1.30 bits per heavy atom. The highest BCUT2D eigenvalue weighted by Gasteiger charge is 2.75. The summed E-state index contributed by atoms with van der Waals surface area (Å²) in [7, 11) is 1.56. The lowest BCUT2D eigenvalue weighted by atomic mass is 9.70. The van der Waals surface area contributed by atoms with Gasteiger partial charge in [0.25, 0.3) is 0 Å². The van der Waals surface area contributed by atoms with Crippen molar-refractivity contribution >= 4 is 17.7 Å². The van der Waals surface area contributed by atoms with Crippen molar-refractivity contribution in [2.24, 2.45) is 17.8 Å². The third-order valence-electron chi connectivity index (χ3n) is 7.46. The minimum absolute atomic E-state index is 0.0141. The maximum absolute atomic E-state index is 13.7. The number of carbonyl (C=O) groups is 3. The van der Waals surface area contributed by atoms with Crippen LogP contribution in [0.2, 0.25) is 0 Å². The van der Waals surface area contributed by atoms with Crippen molar-refractivity contribution in [2.75, 3.05) is 20.2 Å². The number of rotatable bonds is 10. The molecule has 8 nitrogen and oxygen atoms in total. The molecule has 170 valence electrons. The van der Waals surface area contributed by atoms with Gasteiger partial charge in [-0.25, -0.2) is 0 Å². The fourth-order valence-electron chi connectivity index (χ4n) is 5.71. The molecule has 3 aliphatic rings. The minimum Gasteiger partial charge on any atom is -0.394 e. The number of nitrogens with zero attached hydrogens (tertiary/aromatic N) is 1. The molecule has 0 aromatic carbocycles. The molecule has 3 heterocycles. The zero-order valence-corrected chi connectivity index (χ0v) is 18.6. The Labute approximate surface area is 179 Å². The van der Waals surface area contributed by atoms with Gasteiger partial charge in [-0.05, 0) is 25.2 Å². The number of aliphatic hydroxyl groups excluding tert-OH is 1. The van der Waals surface area contributed by atoms with Crippen molar-refractivity contribution in [1.82, 2.24) is 15.5 Å². The Hall–Kier alpha value is -1.67. The molecule has 0 aliphatic carbocycles. The molecule has 3 saturated heterocycles. The second kappa shape index (κ2) is 9.22. The van der Waals surface area contributed by atoms with Gasteiger partial charge in [0.15, 0.2) is 0 Å². The third kappa shape index (κ3) is 3.51. The Balaban J connectivity index is 1.97. The van der Waals surface area contributed by atoms with E-state index in [0.717, 1.165) is 25.7 Å². The van der Waals surface area contributed by atoms with Crippen molar-refractivity contribution in [3.05, 3.63) is 0 Å². The predicted molar refractivity (Wildman–Crippen MR) is 111 cm³/mol. The fraction of sp³-hybridized carbons (Fsp3) is 0.864. The minimum atomic E-state index is -0.991. The van der Waals surface area contributed by atoms with Crippen molar-refractivity contribution < 1.29 is 24.2 Å². The molecule has 0 aromatic heterocycles. The Kier molecular flexibility index (Phi) is 7.07. The van der Waals surface area contributed by atoms with Crippen LogP contribution in [0.3, 0.4) is 0 Å². The van der Waals surface area contributed by atoms with Crippen LogP contribution in [0.15, 0.2) is 0 Å². The summed E-state index contributed by atoms with van der Waals surface area (Å²) in [6.45, 7) is 6.40. The summed E-state index contributed by atoms with van der Waals surface area (Å²) in [6.07, 6.45) is 4.59. The van der Waals surface area contributed by atoms with E-state index in [1.54, 1.807) is 11.9 Å². The highest BCUT2D eigenvalue weighted by atomic mass is 16.5. The maximum Gasteiger partial charge on any atom is 0.245 e. The van der Waals surface area contributed by atoms with E-state index >= 15 is 0 Å². The van der Waals surface area contributed by atoms with E-state index in [2.05, 4.69) is 17.6 Å². The normalized spacial score (nSPS) is 34.0. The lowest BCUT2D eigenvalue weighted by Gasteiger charge is -2.38. The maximum atomic E-state index is 13.7. The number of ether oxygens (including phenoxy) is 1. The Morgan fingerprint density at radius 3 is 2.63 bits per heavy atom. The summed E-state index contributed by atoms with van der Waals surface area (Å²) in [5, 5.41) is 15.8. The van der Waals surface area contributed by atoms with Crippen LogP contribution >= 0.6 is 0 Å². The Bertz CT molecular complexity index is 671. The molecule has 30 heavy (non-hydrogen) atoms. The van der Waals surface area contributed by atoms with E-state index in [1.165, 1.54) is 0 Å². The molecule has 2 unspecified atom stereocenters. The Morgan fingerprint density at radius 2 is 2.03 bits per heavy atom. The number of unbranched alkanes of at least 4 members (excludes halogenated alkanes) is 2. The van der Waals surface area contributed by atoms with Crippen molar-refractivity contribution in [1.29, 1.82) is 0 Å². The average Bonchev–Trinajstić information content (AvgIpc) is 3.39. The molecule has 8 heteroatoms. The average molecular weight is 424 g/mol. The SMILES string of the molecule is CCCCCNC(=O)C1N([C@@H](CO)[C@@H](C)CC)C(=O)[C@@H]2[C@@H](C(=O)NC)[C@H]3CCC12O3. The molecule has 0 radical (unpaired) electrons. The number of hydrogen-bond donors (Lipinski definition) is 3. The van der Waals surface area contributed by atoms with Crippen LogP contribution in [0.25, 0.3) is 0 Å². The lowest BCUT2D eigenvalue weighted by Crippen LogP contribution is -2.59. The van der Waals surface area contributed by atoms with Crippen LogP contribution in [0.4, 0.5) is 0 Å². The highest BCUT2D eigenvalue weighted by Crippen LogP contribution is 2.59. The summed E-state index contributed by atoms with van der Waals surface area (Å²) >= 11 is 0. The second-order valence-corrected chi connectivity index (χ2v) is 9.05. The molecule has 3 amide bonds. The van der Waals surface area contributed by atoms with Gasteiger partial charge in [0, 0.05) is 13.6 Å². The van der Waals surface area contributed by atoms with Crippen LogP contribution in [-0.2, 0) is 19.1 Å². The third-order valence-corrected chi connectivity index (χ3v) is 7.46. The van der Waals surface area contributed by atoms with Gasteiger partial charge in [-0.1, -0.05) is 40.0 Å². The first-order chi connectivity index (χ1) is 14.4. The van der Waals surface area contributed by atoms with E-state index < -0.39 is 29.5 Å². The van der Waals surface area contributed by atoms with Gasteiger partial charge < -0.3 is 25.4 Å². The number of fused-ring (bicyclic) bond motifs is 1. The van der Waals surface area contributed by atoms with E-state index in [-0.39, 0.29) is 36.4 Å². The van der Waals surface area contributed by atoms with Gasteiger partial charge in [-0.2, -0.15) is 0 Å². The van der Waals surface area contributed by atoms with Crippen LogP contribution in [0, 0.1) is 17.8 Å². The molecule has 3 fully saturated rings.